The van der Waals surface area contributed by atoms with Crippen LogP contribution in [-0.4, -0.2) is 33.1 Å². The predicted octanol–water partition coefficient (Wildman–Crippen LogP) is 4.79. The molecule has 1 aromatic carbocycles. The smallest absolute Gasteiger partial charge is 0.350 e. The summed E-state index contributed by atoms with van der Waals surface area (Å²) in [6.07, 6.45) is -1.94. The normalized spacial score (nSPS) is 19.3. The van der Waals surface area contributed by atoms with E-state index in [-0.39, 0.29) is 23.3 Å². The summed E-state index contributed by atoms with van der Waals surface area (Å²) in [6.45, 7) is 4.94. The number of thiazole rings is 1. The summed E-state index contributed by atoms with van der Waals surface area (Å²) in [5, 5.41) is 9.64. The van der Waals surface area contributed by atoms with E-state index in [1.165, 1.54) is 11.3 Å². The molecule has 1 fully saturated rings. The molecule has 0 saturated carbocycles. The van der Waals surface area contributed by atoms with Gasteiger partial charge in [-0.05, 0) is 38.8 Å². The van der Waals surface area contributed by atoms with Gasteiger partial charge in [0.25, 0.3) is 0 Å². The van der Waals surface area contributed by atoms with Crippen LogP contribution in [0, 0.1) is 0 Å². The molecule has 3 heterocycles. The third-order valence-corrected chi connectivity index (χ3v) is 5.84. The second-order valence-corrected chi connectivity index (χ2v) is 8.74. The second kappa shape index (κ2) is 7.42. The van der Waals surface area contributed by atoms with E-state index in [2.05, 4.69) is 44.7 Å². The van der Waals surface area contributed by atoms with Crippen LogP contribution in [0.3, 0.4) is 0 Å². The first kappa shape index (κ1) is 19.8. The number of para-hydroxylation sites is 1. The number of nitrogens with one attached hydrogen (secondary N) is 3. The van der Waals surface area contributed by atoms with Gasteiger partial charge in [0.1, 0.15) is 11.4 Å². The number of hydrogen-bond donors (Lipinski definition) is 3. The summed E-state index contributed by atoms with van der Waals surface area (Å²) in [5.41, 5.74) is -0.152. The van der Waals surface area contributed by atoms with Crippen LogP contribution >= 0.6 is 11.3 Å². The Balaban J connectivity index is 1.59. The van der Waals surface area contributed by atoms with Gasteiger partial charge in [-0.25, -0.2) is 9.97 Å². The van der Waals surface area contributed by atoms with Crippen LogP contribution in [0.5, 0.6) is 0 Å². The average molecular weight is 422 g/mol. The lowest BCUT2D eigenvalue weighted by molar-refractivity contribution is -0.137. The van der Waals surface area contributed by atoms with Crippen LogP contribution in [0.25, 0.3) is 10.2 Å². The topological polar surface area (TPSA) is 74.8 Å². The van der Waals surface area contributed by atoms with Crippen molar-refractivity contribution in [3.63, 3.8) is 0 Å². The fourth-order valence-electron chi connectivity index (χ4n) is 3.21. The molecule has 6 nitrogen and oxygen atoms in total. The molecule has 1 aliphatic rings. The van der Waals surface area contributed by atoms with Crippen molar-refractivity contribution in [1.82, 2.24) is 20.3 Å². The van der Waals surface area contributed by atoms with E-state index < -0.39 is 11.7 Å². The van der Waals surface area contributed by atoms with E-state index in [4.69, 9.17) is 0 Å². The monoisotopic (exact) mass is 422 g/mol. The number of nitrogens with zero attached hydrogens (tertiary/aromatic N) is 3. The number of rotatable bonds is 4. The summed E-state index contributed by atoms with van der Waals surface area (Å²) in [5.74, 6) is -0.147. The maximum Gasteiger partial charge on any atom is 0.421 e. The molecule has 29 heavy (non-hydrogen) atoms. The van der Waals surface area contributed by atoms with Crippen LogP contribution in [0.15, 0.2) is 30.5 Å². The molecule has 0 bridgehead atoms. The quantitative estimate of drug-likeness (QED) is 0.561. The highest BCUT2D eigenvalue weighted by Crippen LogP contribution is 2.36. The molecule has 0 aliphatic carbocycles. The summed E-state index contributed by atoms with van der Waals surface area (Å²) in [7, 11) is 0. The average Bonchev–Trinajstić information content (AvgIpc) is 3.05. The van der Waals surface area contributed by atoms with Crippen molar-refractivity contribution >= 4 is 38.5 Å². The summed E-state index contributed by atoms with van der Waals surface area (Å²) in [4.78, 5) is 12.4. The zero-order chi connectivity index (χ0) is 20.6. The van der Waals surface area contributed by atoms with Gasteiger partial charge in [0, 0.05) is 24.3 Å². The Labute approximate surface area is 170 Å². The lowest BCUT2D eigenvalue weighted by Gasteiger charge is -2.36. The Bertz CT molecular complexity index is 974. The number of halogens is 3. The number of anilines is 3. The molecule has 1 aliphatic heterocycles. The molecular weight excluding hydrogens is 401 g/mol. The number of piperidine rings is 1. The Hall–Kier alpha value is -2.46. The van der Waals surface area contributed by atoms with Crippen LogP contribution < -0.4 is 16.0 Å². The molecule has 1 saturated heterocycles. The van der Waals surface area contributed by atoms with E-state index in [0.717, 1.165) is 29.3 Å². The van der Waals surface area contributed by atoms with Gasteiger partial charge in [0.2, 0.25) is 5.95 Å². The molecule has 1 atom stereocenters. The van der Waals surface area contributed by atoms with Gasteiger partial charge < -0.3 is 16.0 Å². The second-order valence-electron chi connectivity index (χ2n) is 7.71. The molecule has 0 radical (unpaired) electrons. The highest BCUT2D eigenvalue weighted by molar-refractivity contribution is 7.22. The van der Waals surface area contributed by atoms with Gasteiger partial charge in [0.05, 0.1) is 10.2 Å². The highest BCUT2D eigenvalue weighted by atomic mass is 32.1. The Kier molecular flexibility index (Phi) is 5.07. The van der Waals surface area contributed by atoms with Crippen LogP contribution in [0.4, 0.5) is 30.1 Å². The van der Waals surface area contributed by atoms with Crippen LogP contribution in [0.2, 0.25) is 0 Å². The molecule has 0 spiro atoms. The Morgan fingerprint density at radius 2 is 2.00 bits per heavy atom. The fraction of sp³-hybridized carbons (Fsp3) is 0.421. The third-order valence-electron chi connectivity index (χ3n) is 4.89. The van der Waals surface area contributed by atoms with Gasteiger partial charge in [0.15, 0.2) is 5.13 Å². The van der Waals surface area contributed by atoms with Crippen molar-refractivity contribution in [3.05, 3.63) is 36.0 Å². The third kappa shape index (κ3) is 4.59. The summed E-state index contributed by atoms with van der Waals surface area (Å²) >= 11 is 1.27. The number of benzene rings is 1. The minimum absolute atomic E-state index is 0.0510. The molecule has 154 valence electrons. The van der Waals surface area contributed by atoms with Crippen molar-refractivity contribution in [3.8, 4) is 0 Å². The lowest BCUT2D eigenvalue weighted by Crippen LogP contribution is -2.50. The molecule has 3 N–H and O–H groups in total. The molecule has 10 heteroatoms. The van der Waals surface area contributed by atoms with Gasteiger partial charge in [-0.1, -0.05) is 23.5 Å². The largest absolute Gasteiger partial charge is 0.421 e. The first-order chi connectivity index (χ1) is 13.7. The van der Waals surface area contributed by atoms with Crippen molar-refractivity contribution in [1.29, 1.82) is 0 Å². The van der Waals surface area contributed by atoms with Gasteiger partial charge in [-0.15, -0.1) is 0 Å². The maximum absolute atomic E-state index is 13.5. The van der Waals surface area contributed by atoms with Crippen molar-refractivity contribution in [2.24, 2.45) is 0 Å². The standard InChI is InChI=1S/C19H21F3N6S/c1-18(2)8-7-11(9-24-18)25-16-23-10-12(19(20,21)22)15(27-16)28-17-26-13-5-3-4-6-14(13)29-17/h3-6,10-11,24H,7-9H2,1-2H3,(H2,23,25,26,27,28)/t11-/m0/s1. The highest BCUT2D eigenvalue weighted by Gasteiger charge is 2.36. The van der Waals surface area contributed by atoms with Crippen molar-refractivity contribution < 1.29 is 13.2 Å². The zero-order valence-corrected chi connectivity index (χ0v) is 16.8. The molecular formula is C19H21F3N6S. The maximum atomic E-state index is 13.5. The molecule has 2 aromatic heterocycles. The lowest BCUT2D eigenvalue weighted by atomic mass is 9.91. The van der Waals surface area contributed by atoms with Crippen molar-refractivity contribution in [2.45, 2.75) is 44.4 Å². The van der Waals surface area contributed by atoms with Crippen LogP contribution in [-0.2, 0) is 6.18 Å². The van der Waals surface area contributed by atoms with Gasteiger partial charge >= 0.3 is 6.18 Å². The Morgan fingerprint density at radius 3 is 2.69 bits per heavy atom. The fourth-order valence-corrected chi connectivity index (χ4v) is 4.08. The van der Waals surface area contributed by atoms with E-state index in [1.54, 1.807) is 0 Å². The molecule has 3 aromatic rings. The minimum atomic E-state index is -4.58. The predicted molar refractivity (Wildman–Crippen MR) is 109 cm³/mol. The van der Waals surface area contributed by atoms with E-state index in [9.17, 15) is 13.2 Å². The van der Waals surface area contributed by atoms with Crippen molar-refractivity contribution in [2.75, 3.05) is 17.2 Å². The van der Waals surface area contributed by atoms with Gasteiger partial charge in [-0.2, -0.15) is 18.2 Å². The van der Waals surface area contributed by atoms with Crippen LogP contribution in [0.1, 0.15) is 32.3 Å². The first-order valence-corrected chi connectivity index (χ1v) is 10.1. The summed E-state index contributed by atoms with van der Waals surface area (Å²) in [6, 6.07) is 7.42. The number of hydrogen-bond acceptors (Lipinski definition) is 7. The number of aromatic nitrogens is 3. The summed E-state index contributed by atoms with van der Waals surface area (Å²) < 4.78 is 41.3. The molecule has 0 unspecified atom stereocenters. The number of fused-ring (bicyclic) bond motifs is 1. The zero-order valence-electron chi connectivity index (χ0n) is 16.0. The van der Waals surface area contributed by atoms with Gasteiger partial charge in [-0.3, -0.25) is 0 Å². The van der Waals surface area contributed by atoms with E-state index >= 15 is 0 Å². The first-order valence-electron chi connectivity index (χ1n) is 9.28. The van der Waals surface area contributed by atoms with E-state index in [0.29, 0.717) is 11.7 Å². The SMILES string of the molecule is CC1(C)CC[C@H](Nc2ncc(C(F)(F)F)c(Nc3nc4ccccc4s3)n2)CN1. The van der Waals surface area contributed by atoms with E-state index in [1.807, 2.05) is 24.3 Å². The minimum Gasteiger partial charge on any atom is -0.350 e. The Morgan fingerprint density at radius 1 is 1.21 bits per heavy atom. The molecule has 0 amide bonds. The molecule has 4 rings (SSSR count). The number of alkyl halides is 3.